The van der Waals surface area contributed by atoms with Crippen LogP contribution in [0.2, 0.25) is 0 Å². The lowest BCUT2D eigenvalue weighted by Gasteiger charge is -2.38. The van der Waals surface area contributed by atoms with Gasteiger partial charge in [-0.15, -0.1) is 0 Å². The van der Waals surface area contributed by atoms with E-state index in [0.717, 1.165) is 19.8 Å². The smallest absolute Gasteiger partial charge is 0.123 e. The fourth-order valence-corrected chi connectivity index (χ4v) is 3.62. The first kappa shape index (κ1) is 9.42. The van der Waals surface area contributed by atoms with Crippen LogP contribution in [0, 0.1) is 0 Å². The van der Waals surface area contributed by atoms with Gasteiger partial charge in [-0.05, 0) is 11.6 Å². The Morgan fingerprint density at radius 1 is 1.28 bits per heavy atom. The summed E-state index contributed by atoms with van der Waals surface area (Å²) in [6.07, 6.45) is 2.74. The summed E-state index contributed by atoms with van der Waals surface area (Å²) < 4.78 is 5.57. The number of benzene rings is 1. The number of anilines is 1. The quantitative estimate of drug-likeness (QED) is 0.689. The molecular weight excluding hydrogens is 226 g/mol. The van der Waals surface area contributed by atoms with Crippen LogP contribution in [0.4, 0.5) is 5.69 Å². The van der Waals surface area contributed by atoms with Gasteiger partial charge in [0.25, 0.3) is 0 Å². The zero-order valence-electron chi connectivity index (χ0n) is 10.0. The third-order valence-corrected chi connectivity index (χ3v) is 4.48. The lowest BCUT2D eigenvalue weighted by molar-refractivity contribution is 0.0626. The van der Waals surface area contributed by atoms with Crippen LogP contribution in [0.15, 0.2) is 36.2 Å². The lowest BCUT2D eigenvalue weighted by atomic mass is 10.00. The molecular formula is C14H15N3O. The van der Waals surface area contributed by atoms with E-state index in [1.54, 1.807) is 0 Å². The van der Waals surface area contributed by atoms with Gasteiger partial charge in [-0.2, -0.15) is 0 Å². The van der Waals surface area contributed by atoms with Crippen LogP contribution in [-0.2, 0) is 4.74 Å². The topological polar surface area (TPSA) is 37.7 Å². The van der Waals surface area contributed by atoms with Crippen molar-refractivity contribution in [3.8, 4) is 0 Å². The molecule has 0 radical (unpaired) electrons. The Balaban J connectivity index is 1.66. The predicted molar refractivity (Wildman–Crippen MR) is 68.0 cm³/mol. The number of nitrogens with zero attached hydrogens (tertiary/aromatic N) is 2. The molecule has 4 heterocycles. The van der Waals surface area contributed by atoms with E-state index in [0.29, 0.717) is 18.2 Å². The first-order valence-electron chi connectivity index (χ1n) is 6.62. The Kier molecular flexibility index (Phi) is 1.61. The highest BCUT2D eigenvalue weighted by Gasteiger charge is 2.55. The molecule has 4 heteroatoms. The van der Waals surface area contributed by atoms with Gasteiger partial charge in [0, 0.05) is 18.4 Å². The van der Waals surface area contributed by atoms with E-state index in [1.807, 2.05) is 0 Å². The number of rotatable bonds is 0. The maximum absolute atomic E-state index is 5.57. The average molecular weight is 241 g/mol. The Hall–Kier alpha value is -1.52. The molecule has 2 fully saturated rings. The van der Waals surface area contributed by atoms with Crippen molar-refractivity contribution in [3.05, 3.63) is 41.7 Å². The maximum Gasteiger partial charge on any atom is 0.123 e. The number of nitrogens with one attached hydrogen (secondary N) is 1. The molecule has 4 aliphatic rings. The van der Waals surface area contributed by atoms with Gasteiger partial charge < -0.3 is 19.9 Å². The average Bonchev–Trinajstić information content (AvgIpc) is 3.13. The van der Waals surface area contributed by atoms with Gasteiger partial charge in [-0.25, -0.2) is 0 Å². The number of fused-ring (bicyclic) bond motifs is 8. The van der Waals surface area contributed by atoms with Crippen molar-refractivity contribution in [2.75, 3.05) is 24.7 Å². The summed E-state index contributed by atoms with van der Waals surface area (Å²) in [6.45, 7) is 2.62. The highest BCUT2D eigenvalue weighted by Crippen LogP contribution is 2.49. The molecule has 0 aliphatic carbocycles. The third kappa shape index (κ3) is 1.03. The normalized spacial score (nSPS) is 35.3. The summed E-state index contributed by atoms with van der Waals surface area (Å²) in [5.41, 5.74) is 4.13. The summed E-state index contributed by atoms with van der Waals surface area (Å²) >= 11 is 0. The number of hydrogen-bond acceptors (Lipinski definition) is 4. The zero-order valence-corrected chi connectivity index (χ0v) is 10.0. The van der Waals surface area contributed by atoms with Crippen molar-refractivity contribution in [1.29, 1.82) is 0 Å². The minimum atomic E-state index is 0.462. The zero-order chi connectivity index (χ0) is 11.7. The fourth-order valence-electron chi connectivity index (χ4n) is 3.62. The summed E-state index contributed by atoms with van der Waals surface area (Å²) in [5, 5.41) is 3.63. The molecule has 1 aromatic carbocycles. The summed E-state index contributed by atoms with van der Waals surface area (Å²) in [5.74, 6) is 0. The summed E-state index contributed by atoms with van der Waals surface area (Å²) in [4.78, 5) is 4.94. The molecule has 1 aromatic rings. The molecule has 0 bridgehead atoms. The second kappa shape index (κ2) is 3.08. The highest BCUT2D eigenvalue weighted by molar-refractivity contribution is 5.65. The van der Waals surface area contributed by atoms with Crippen LogP contribution in [0.3, 0.4) is 0 Å². The van der Waals surface area contributed by atoms with E-state index < -0.39 is 0 Å². The van der Waals surface area contributed by atoms with Gasteiger partial charge >= 0.3 is 0 Å². The van der Waals surface area contributed by atoms with Crippen LogP contribution < -0.4 is 10.2 Å². The Bertz CT molecular complexity index is 556. The van der Waals surface area contributed by atoms with Crippen LogP contribution in [-0.4, -0.2) is 36.9 Å². The van der Waals surface area contributed by atoms with Crippen LogP contribution >= 0.6 is 0 Å². The molecule has 2 saturated heterocycles. The van der Waals surface area contributed by atoms with Gasteiger partial charge in [0.1, 0.15) is 6.17 Å². The van der Waals surface area contributed by atoms with E-state index in [-0.39, 0.29) is 0 Å². The van der Waals surface area contributed by atoms with E-state index >= 15 is 0 Å². The lowest BCUT2D eigenvalue weighted by Crippen LogP contribution is -2.49. The van der Waals surface area contributed by atoms with Crippen molar-refractivity contribution in [1.82, 2.24) is 10.2 Å². The minimum absolute atomic E-state index is 0.462. The van der Waals surface area contributed by atoms with E-state index in [1.165, 1.54) is 16.9 Å². The molecule has 3 unspecified atom stereocenters. The fraction of sp³-hybridized carbons (Fsp3) is 0.429. The van der Waals surface area contributed by atoms with Crippen molar-refractivity contribution in [2.45, 2.75) is 18.2 Å². The number of hydrogen-bond donors (Lipinski definition) is 1. The van der Waals surface area contributed by atoms with E-state index in [4.69, 9.17) is 4.74 Å². The molecule has 3 atom stereocenters. The van der Waals surface area contributed by atoms with E-state index in [9.17, 15) is 0 Å². The van der Waals surface area contributed by atoms with E-state index in [2.05, 4.69) is 45.6 Å². The van der Waals surface area contributed by atoms with Crippen molar-refractivity contribution in [2.24, 2.45) is 0 Å². The third-order valence-electron chi connectivity index (χ3n) is 4.48. The molecule has 4 nitrogen and oxygen atoms in total. The van der Waals surface area contributed by atoms with Crippen LogP contribution in [0.1, 0.15) is 11.6 Å². The molecule has 0 saturated carbocycles. The second-order valence-electron chi connectivity index (χ2n) is 5.42. The molecule has 0 aromatic heterocycles. The number of ether oxygens (including phenoxy) is 1. The van der Waals surface area contributed by atoms with Crippen molar-refractivity contribution in [3.63, 3.8) is 0 Å². The SMILES string of the molecule is C1=C2COCCN2C2C3NC3c3ccccc3N12. The minimum Gasteiger partial charge on any atom is -0.373 e. The first-order chi connectivity index (χ1) is 8.93. The molecule has 1 N–H and O–H groups in total. The molecule has 0 amide bonds. The van der Waals surface area contributed by atoms with Gasteiger partial charge in [-0.1, -0.05) is 18.2 Å². The van der Waals surface area contributed by atoms with Crippen molar-refractivity contribution >= 4 is 5.69 Å². The first-order valence-corrected chi connectivity index (χ1v) is 6.62. The molecule has 92 valence electrons. The van der Waals surface area contributed by atoms with Gasteiger partial charge in [0.15, 0.2) is 0 Å². The van der Waals surface area contributed by atoms with Crippen LogP contribution in [0.25, 0.3) is 0 Å². The Morgan fingerprint density at radius 3 is 3.22 bits per heavy atom. The van der Waals surface area contributed by atoms with Crippen molar-refractivity contribution < 1.29 is 4.74 Å². The summed E-state index contributed by atoms with van der Waals surface area (Å²) in [7, 11) is 0. The molecule has 18 heavy (non-hydrogen) atoms. The Labute approximate surface area is 106 Å². The predicted octanol–water partition coefficient (Wildman–Crippen LogP) is 1.03. The molecule has 0 spiro atoms. The second-order valence-corrected chi connectivity index (χ2v) is 5.42. The van der Waals surface area contributed by atoms with Crippen LogP contribution in [0.5, 0.6) is 0 Å². The number of para-hydroxylation sites is 1. The monoisotopic (exact) mass is 241 g/mol. The highest BCUT2D eigenvalue weighted by atomic mass is 16.5. The molecule has 4 aliphatic heterocycles. The number of morpholine rings is 1. The van der Waals surface area contributed by atoms with Gasteiger partial charge in [0.05, 0.1) is 31.0 Å². The Morgan fingerprint density at radius 2 is 2.22 bits per heavy atom. The van der Waals surface area contributed by atoms with Gasteiger partial charge in [-0.3, -0.25) is 0 Å². The largest absolute Gasteiger partial charge is 0.373 e. The standard InChI is InChI=1S/C14H15N3O/c1-2-4-11-10(3-1)12-13(15-12)14-16-5-6-18-8-9(16)7-17(11)14/h1-4,7,12-15H,5-6,8H2. The molecule has 5 rings (SSSR count). The maximum atomic E-state index is 5.57. The van der Waals surface area contributed by atoms with Gasteiger partial charge in [0.2, 0.25) is 0 Å². The summed E-state index contributed by atoms with van der Waals surface area (Å²) in [6, 6.07) is 9.87.